The highest BCUT2D eigenvalue weighted by Crippen LogP contribution is 2.45. The van der Waals surface area contributed by atoms with Crippen LogP contribution in [0.4, 0.5) is 22.0 Å². The summed E-state index contributed by atoms with van der Waals surface area (Å²) in [6.07, 6.45) is 5.48. The summed E-state index contributed by atoms with van der Waals surface area (Å²) in [4.78, 5) is 33.5. The van der Waals surface area contributed by atoms with E-state index in [-0.39, 0.29) is 18.0 Å². The van der Waals surface area contributed by atoms with E-state index in [0.29, 0.717) is 33.4 Å². The summed E-state index contributed by atoms with van der Waals surface area (Å²) in [6.45, 7) is 2.33. The van der Waals surface area contributed by atoms with E-state index in [9.17, 15) is 9.59 Å². The summed E-state index contributed by atoms with van der Waals surface area (Å²) in [5.74, 6) is 0.329. The van der Waals surface area contributed by atoms with E-state index >= 15 is 0 Å². The number of carbonyl (C=O) groups is 2. The number of hydrogen-bond acceptors (Lipinski definition) is 6. The Balaban J connectivity index is 1.33. The van der Waals surface area contributed by atoms with Crippen LogP contribution in [0.3, 0.4) is 0 Å². The van der Waals surface area contributed by atoms with Gasteiger partial charge in [-0.1, -0.05) is 30.3 Å². The lowest BCUT2D eigenvalue weighted by Gasteiger charge is -2.27. The Morgan fingerprint density at radius 3 is 2.91 bits per heavy atom. The number of aromatic nitrogens is 3. The second-order valence-corrected chi connectivity index (χ2v) is 9.45. The van der Waals surface area contributed by atoms with Crippen LogP contribution in [0.1, 0.15) is 28.1 Å². The molecule has 172 valence electrons. The first-order valence-corrected chi connectivity index (χ1v) is 12.1. The quantitative estimate of drug-likeness (QED) is 0.410. The molecule has 1 atom stereocenters. The van der Waals surface area contributed by atoms with Crippen LogP contribution in [-0.4, -0.2) is 45.8 Å². The van der Waals surface area contributed by atoms with E-state index in [1.165, 1.54) is 16.2 Å². The topological polar surface area (TPSA) is 104 Å². The van der Waals surface area contributed by atoms with Gasteiger partial charge in [-0.15, -0.1) is 11.3 Å². The standard InChI is InChI=1S/C24H23N7O2S/c32-22(27-16-7-4-10-25-13-16)21-20-19-17(8-11-26-23(19)34-21)31(24(33)28-20)18-9-12-30(29-18)14-15-5-2-1-3-6-15/h1-3,5-6,8-9,11-12,16,25H,4,7,10,13-14H2,(H,27,32)(H,28,33). The lowest BCUT2D eigenvalue weighted by molar-refractivity contribution is 0.0935. The molecule has 6 rings (SSSR count). The van der Waals surface area contributed by atoms with Crippen molar-refractivity contribution in [2.75, 3.05) is 23.3 Å². The zero-order chi connectivity index (χ0) is 23.1. The van der Waals surface area contributed by atoms with Crippen molar-refractivity contribution >= 4 is 50.7 Å². The molecule has 5 heterocycles. The molecule has 1 unspecified atom stereocenters. The molecule has 34 heavy (non-hydrogen) atoms. The monoisotopic (exact) mass is 473 g/mol. The number of urea groups is 1. The SMILES string of the molecule is O=C(NC1CCCNC1)c1sc2nccc3c2c1NC(=O)N3c1ccn(Cc2ccccc2)n1. The molecule has 3 N–H and O–H groups in total. The summed E-state index contributed by atoms with van der Waals surface area (Å²) in [7, 11) is 0. The van der Waals surface area contributed by atoms with Crippen molar-refractivity contribution in [3.8, 4) is 0 Å². The number of anilines is 3. The first-order chi connectivity index (χ1) is 16.7. The van der Waals surface area contributed by atoms with E-state index in [2.05, 4.69) is 26.0 Å². The highest BCUT2D eigenvalue weighted by atomic mass is 32.1. The lowest BCUT2D eigenvalue weighted by Crippen LogP contribution is -2.45. The van der Waals surface area contributed by atoms with Crippen molar-refractivity contribution < 1.29 is 9.59 Å². The number of rotatable bonds is 5. The average molecular weight is 474 g/mol. The Morgan fingerprint density at radius 2 is 2.09 bits per heavy atom. The minimum atomic E-state index is -0.350. The number of pyridine rings is 1. The molecular weight excluding hydrogens is 450 g/mol. The van der Waals surface area contributed by atoms with Crippen molar-refractivity contribution in [3.63, 3.8) is 0 Å². The van der Waals surface area contributed by atoms with E-state index < -0.39 is 0 Å². The van der Waals surface area contributed by atoms with Crippen LogP contribution >= 0.6 is 11.3 Å². The first-order valence-electron chi connectivity index (χ1n) is 11.3. The fraction of sp³-hybridized carbons (Fsp3) is 0.250. The number of amides is 3. The summed E-state index contributed by atoms with van der Waals surface area (Å²) in [6, 6.07) is 13.4. The van der Waals surface area contributed by atoms with Gasteiger partial charge in [-0.25, -0.2) is 14.7 Å². The molecule has 0 aliphatic carbocycles. The molecule has 1 fully saturated rings. The van der Waals surface area contributed by atoms with Crippen LogP contribution in [0.2, 0.25) is 0 Å². The third-order valence-electron chi connectivity index (χ3n) is 6.13. The highest BCUT2D eigenvalue weighted by molar-refractivity contribution is 7.21. The van der Waals surface area contributed by atoms with Crippen LogP contribution in [0, 0.1) is 0 Å². The molecule has 4 aromatic rings. The normalized spacial score (nSPS) is 17.6. The van der Waals surface area contributed by atoms with Crippen molar-refractivity contribution in [2.24, 2.45) is 0 Å². The first kappa shape index (κ1) is 20.8. The molecule has 0 bridgehead atoms. The Hall–Kier alpha value is -3.76. The maximum atomic E-state index is 13.2. The smallest absolute Gasteiger partial charge is 0.332 e. The third kappa shape index (κ3) is 3.70. The Morgan fingerprint density at radius 1 is 1.21 bits per heavy atom. The van der Waals surface area contributed by atoms with Crippen LogP contribution in [-0.2, 0) is 6.54 Å². The van der Waals surface area contributed by atoms with Crippen LogP contribution < -0.4 is 20.9 Å². The second kappa shape index (κ2) is 8.54. The van der Waals surface area contributed by atoms with Crippen LogP contribution in [0.15, 0.2) is 54.9 Å². The van der Waals surface area contributed by atoms with Gasteiger partial charge >= 0.3 is 6.03 Å². The number of hydrogen-bond donors (Lipinski definition) is 3. The van der Waals surface area contributed by atoms with Gasteiger partial charge < -0.3 is 16.0 Å². The van der Waals surface area contributed by atoms with E-state index in [4.69, 9.17) is 0 Å². The Bertz CT molecular complexity index is 1370. The summed E-state index contributed by atoms with van der Waals surface area (Å²) >= 11 is 1.30. The van der Waals surface area contributed by atoms with Gasteiger partial charge in [0.15, 0.2) is 5.82 Å². The lowest BCUT2D eigenvalue weighted by atomic mass is 10.1. The maximum Gasteiger partial charge on any atom is 0.332 e. The summed E-state index contributed by atoms with van der Waals surface area (Å²) < 4.78 is 1.80. The van der Waals surface area contributed by atoms with E-state index in [0.717, 1.165) is 36.9 Å². The fourth-order valence-corrected chi connectivity index (χ4v) is 5.55. The number of benzene rings is 1. The molecule has 3 aromatic heterocycles. The highest BCUT2D eigenvalue weighted by Gasteiger charge is 2.34. The number of nitrogens with zero attached hydrogens (tertiary/aromatic N) is 4. The predicted octanol–water partition coefficient (Wildman–Crippen LogP) is 3.71. The number of piperidine rings is 1. The molecule has 0 spiro atoms. The Kier molecular flexibility index (Phi) is 5.23. The molecule has 2 aliphatic heterocycles. The van der Waals surface area contributed by atoms with E-state index in [1.807, 2.05) is 42.6 Å². The van der Waals surface area contributed by atoms with Gasteiger partial charge in [-0.3, -0.25) is 9.48 Å². The van der Waals surface area contributed by atoms with Crippen molar-refractivity contribution in [3.05, 3.63) is 65.3 Å². The minimum absolute atomic E-state index is 0.0791. The second-order valence-electron chi connectivity index (χ2n) is 8.46. The molecule has 0 radical (unpaired) electrons. The maximum absolute atomic E-state index is 13.2. The van der Waals surface area contributed by atoms with Gasteiger partial charge in [-0.05, 0) is 31.0 Å². The van der Waals surface area contributed by atoms with Crippen LogP contribution in [0.25, 0.3) is 10.2 Å². The zero-order valence-electron chi connectivity index (χ0n) is 18.3. The minimum Gasteiger partial charge on any atom is -0.347 e. The fourth-order valence-electron chi connectivity index (χ4n) is 4.53. The number of carbonyl (C=O) groups excluding carboxylic acids is 2. The van der Waals surface area contributed by atoms with Gasteiger partial charge in [0, 0.05) is 31.0 Å². The molecule has 9 nitrogen and oxygen atoms in total. The van der Waals surface area contributed by atoms with Gasteiger partial charge in [0.2, 0.25) is 0 Å². The molecule has 1 aromatic carbocycles. The summed E-state index contributed by atoms with van der Waals surface area (Å²) in [5.41, 5.74) is 2.31. The zero-order valence-corrected chi connectivity index (χ0v) is 19.1. The molecular formula is C24H23N7O2S. The van der Waals surface area contributed by atoms with Gasteiger partial charge in [0.1, 0.15) is 9.71 Å². The largest absolute Gasteiger partial charge is 0.347 e. The van der Waals surface area contributed by atoms with Crippen molar-refractivity contribution in [2.45, 2.75) is 25.4 Å². The molecule has 1 saturated heterocycles. The van der Waals surface area contributed by atoms with Crippen molar-refractivity contribution in [1.82, 2.24) is 25.4 Å². The van der Waals surface area contributed by atoms with Crippen molar-refractivity contribution in [1.29, 1.82) is 0 Å². The van der Waals surface area contributed by atoms with Gasteiger partial charge in [-0.2, -0.15) is 5.10 Å². The molecule has 10 heteroatoms. The van der Waals surface area contributed by atoms with Gasteiger partial charge in [0.05, 0.1) is 23.3 Å². The molecule has 3 amide bonds. The van der Waals surface area contributed by atoms with E-state index in [1.54, 1.807) is 16.9 Å². The predicted molar refractivity (Wildman–Crippen MR) is 132 cm³/mol. The average Bonchev–Trinajstić information content (AvgIpc) is 3.46. The number of thiophene rings is 1. The van der Waals surface area contributed by atoms with Gasteiger partial charge in [0.25, 0.3) is 5.91 Å². The third-order valence-corrected chi connectivity index (χ3v) is 7.22. The number of nitrogens with one attached hydrogen (secondary N) is 3. The molecule has 0 saturated carbocycles. The van der Waals surface area contributed by atoms with Crippen LogP contribution in [0.5, 0.6) is 0 Å². The summed E-state index contributed by atoms with van der Waals surface area (Å²) in [5, 5.41) is 14.7. The molecule has 2 aliphatic rings. The Labute approximate surface area is 199 Å².